The second-order valence-corrected chi connectivity index (χ2v) is 6.48. The summed E-state index contributed by atoms with van der Waals surface area (Å²) >= 11 is 0. The summed E-state index contributed by atoms with van der Waals surface area (Å²) in [6.07, 6.45) is -1.14. The number of aryl methyl sites for hydroxylation is 2. The highest BCUT2D eigenvalue weighted by molar-refractivity contribution is 5.81. The van der Waals surface area contributed by atoms with Crippen molar-refractivity contribution in [3.05, 3.63) is 59.7 Å². The van der Waals surface area contributed by atoms with Crippen LogP contribution >= 0.6 is 0 Å². The van der Waals surface area contributed by atoms with Crippen LogP contribution in [0.3, 0.4) is 0 Å². The maximum Gasteiger partial charge on any atom is 0.356 e. The van der Waals surface area contributed by atoms with Gasteiger partial charge in [0.1, 0.15) is 11.5 Å². The van der Waals surface area contributed by atoms with Crippen molar-refractivity contribution in [2.24, 2.45) is 0 Å². The predicted molar refractivity (Wildman–Crippen MR) is 104 cm³/mol. The van der Waals surface area contributed by atoms with Crippen molar-refractivity contribution in [2.75, 3.05) is 0 Å². The largest absolute Gasteiger partial charge is 0.427 e. The average Bonchev–Trinajstić information content (AvgIpc) is 2.72. The summed E-state index contributed by atoms with van der Waals surface area (Å²) < 4.78 is 10.1. The topological polar surface area (TPSA) is 105 Å². The molecule has 0 saturated carbocycles. The van der Waals surface area contributed by atoms with Crippen molar-refractivity contribution in [1.29, 1.82) is 0 Å². The van der Waals surface area contributed by atoms with E-state index in [9.17, 15) is 19.2 Å². The number of carbonyl (C=O) groups is 4. The van der Waals surface area contributed by atoms with Gasteiger partial charge >= 0.3 is 23.9 Å². The zero-order valence-electron chi connectivity index (χ0n) is 16.7. The Kier molecular flexibility index (Phi) is 8.56. The van der Waals surface area contributed by atoms with Crippen LogP contribution in [0.1, 0.15) is 36.8 Å². The highest BCUT2D eigenvalue weighted by Crippen LogP contribution is 2.14. The van der Waals surface area contributed by atoms with E-state index in [-0.39, 0.29) is 25.7 Å². The molecule has 0 aromatic heterocycles. The van der Waals surface area contributed by atoms with Gasteiger partial charge in [-0.3, -0.25) is 9.59 Å². The van der Waals surface area contributed by atoms with Gasteiger partial charge in [-0.05, 0) is 38.1 Å². The third-order valence-electron chi connectivity index (χ3n) is 3.80. The maximum absolute atomic E-state index is 11.7. The van der Waals surface area contributed by atoms with Crippen LogP contribution < -0.4 is 9.47 Å². The second-order valence-electron chi connectivity index (χ2n) is 6.48. The summed E-state index contributed by atoms with van der Waals surface area (Å²) in [5.41, 5.74) is 2.03. The minimum Gasteiger partial charge on any atom is -0.427 e. The SMILES string of the molecule is Cc1ccc(OC(=O)CCC(=O)OOC(=O)CCC(=O)Oc2ccc(C)cc2)cc1. The maximum atomic E-state index is 11.7. The number of ether oxygens (including phenoxy) is 2. The summed E-state index contributed by atoms with van der Waals surface area (Å²) in [5.74, 6) is -2.34. The Labute approximate surface area is 173 Å². The van der Waals surface area contributed by atoms with Crippen LogP contribution in [-0.2, 0) is 29.0 Å². The number of hydrogen-bond donors (Lipinski definition) is 0. The number of rotatable bonds is 8. The molecule has 0 aliphatic carbocycles. The van der Waals surface area contributed by atoms with E-state index in [0.29, 0.717) is 11.5 Å². The summed E-state index contributed by atoms with van der Waals surface area (Å²) in [6.45, 7) is 3.80. The highest BCUT2D eigenvalue weighted by Gasteiger charge is 2.15. The van der Waals surface area contributed by atoms with Crippen LogP contribution in [0.4, 0.5) is 0 Å². The fourth-order valence-corrected chi connectivity index (χ4v) is 2.16. The molecular formula is C22H22O8. The highest BCUT2D eigenvalue weighted by atomic mass is 17.2. The summed E-state index contributed by atoms with van der Waals surface area (Å²) in [7, 11) is 0. The van der Waals surface area contributed by atoms with Gasteiger partial charge in [-0.1, -0.05) is 35.4 Å². The number of carbonyl (C=O) groups excluding carboxylic acids is 4. The van der Waals surface area contributed by atoms with Crippen LogP contribution in [0, 0.1) is 13.8 Å². The minimum atomic E-state index is -0.911. The molecule has 0 aliphatic heterocycles. The van der Waals surface area contributed by atoms with Crippen LogP contribution in [0.5, 0.6) is 11.5 Å². The molecule has 0 aliphatic rings. The van der Waals surface area contributed by atoms with Gasteiger partial charge in [0.25, 0.3) is 0 Å². The average molecular weight is 414 g/mol. The van der Waals surface area contributed by atoms with Gasteiger partial charge in [-0.2, -0.15) is 0 Å². The van der Waals surface area contributed by atoms with Gasteiger partial charge in [0.2, 0.25) is 0 Å². The van der Waals surface area contributed by atoms with E-state index in [2.05, 4.69) is 9.78 Å². The van der Waals surface area contributed by atoms with Crippen molar-refractivity contribution in [1.82, 2.24) is 0 Å². The number of benzene rings is 2. The van der Waals surface area contributed by atoms with Crippen molar-refractivity contribution in [2.45, 2.75) is 39.5 Å². The van der Waals surface area contributed by atoms with Crippen LogP contribution in [0.25, 0.3) is 0 Å². The van der Waals surface area contributed by atoms with Gasteiger partial charge in [-0.25, -0.2) is 19.4 Å². The van der Waals surface area contributed by atoms with Crippen LogP contribution in [0.2, 0.25) is 0 Å². The Bertz CT molecular complexity index is 809. The van der Waals surface area contributed by atoms with Crippen LogP contribution in [-0.4, -0.2) is 23.9 Å². The zero-order chi connectivity index (χ0) is 21.9. The van der Waals surface area contributed by atoms with Gasteiger partial charge in [0.05, 0.1) is 25.7 Å². The molecule has 0 fully saturated rings. The van der Waals surface area contributed by atoms with E-state index < -0.39 is 23.9 Å². The van der Waals surface area contributed by atoms with Gasteiger partial charge in [0, 0.05) is 0 Å². The first-order chi connectivity index (χ1) is 14.3. The molecule has 2 aromatic carbocycles. The van der Waals surface area contributed by atoms with Gasteiger partial charge in [0.15, 0.2) is 0 Å². The third kappa shape index (κ3) is 8.55. The molecule has 0 N–H and O–H groups in total. The minimum absolute atomic E-state index is 0.243. The Morgan fingerprint density at radius 2 is 0.833 bits per heavy atom. The molecule has 0 heterocycles. The Balaban J connectivity index is 1.60. The lowest BCUT2D eigenvalue weighted by Gasteiger charge is -2.06. The molecule has 0 saturated heterocycles. The molecule has 0 atom stereocenters. The normalized spacial score (nSPS) is 10.1. The first-order valence-electron chi connectivity index (χ1n) is 9.26. The van der Waals surface area contributed by atoms with E-state index in [0.717, 1.165) is 11.1 Å². The van der Waals surface area contributed by atoms with Crippen molar-refractivity contribution >= 4 is 23.9 Å². The summed E-state index contributed by atoms with van der Waals surface area (Å²) in [4.78, 5) is 55.2. The lowest BCUT2D eigenvalue weighted by molar-refractivity contribution is -0.259. The predicted octanol–water partition coefficient (Wildman–Crippen LogP) is 3.38. The van der Waals surface area contributed by atoms with Crippen molar-refractivity contribution in [3.63, 3.8) is 0 Å². The van der Waals surface area contributed by atoms with Crippen molar-refractivity contribution < 1.29 is 38.4 Å². The molecule has 0 unspecified atom stereocenters. The summed E-state index contributed by atoms with van der Waals surface area (Å²) in [6, 6.07) is 13.7. The Morgan fingerprint density at radius 3 is 1.17 bits per heavy atom. The molecule has 30 heavy (non-hydrogen) atoms. The van der Waals surface area contributed by atoms with E-state index in [1.807, 2.05) is 13.8 Å². The molecule has 0 bridgehead atoms. The lowest BCUT2D eigenvalue weighted by Crippen LogP contribution is -2.16. The van der Waals surface area contributed by atoms with Gasteiger partial charge in [-0.15, -0.1) is 0 Å². The molecule has 2 aromatic rings. The van der Waals surface area contributed by atoms with Gasteiger partial charge < -0.3 is 9.47 Å². The fourth-order valence-electron chi connectivity index (χ4n) is 2.16. The zero-order valence-corrected chi connectivity index (χ0v) is 16.7. The van der Waals surface area contributed by atoms with E-state index in [1.54, 1.807) is 48.5 Å². The standard InChI is InChI=1S/C22H22O8/c1-15-3-7-17(8-4-15)27-19(23)11-13-21(25)29-30-22(26)14-12-20(24)28-18-9-5-16(2)6-10-18/h3-10H,11-14H2,1-2H3. The number of hydrogen-bond acceptors (Lipinski definition) is 8. The molecule has 0 amide bonds. The monoisotopic (exact) mass is 414 g/mol. The van der Waals surface area contributed by atoms with Crippen molar-refractivity contribution in [3.8, 4) is 11.5 Å². The molecule has 8 heteroatoms. The van der Waals surface area contributed by atoms with E-state index >= 15 is 0 Å². The quantitative estimate of drug-likeness (QED) is 0.280. The molecule has 8 nitrogen and oxygen atoms in total. The molecule has 0 radical (unpaired) electrons. The molecule has 158 valence electrons. The van der Waals surface area contributed by atoms with Crippen LogP contribution in [0.15, 0.2) is 48.5 Å². The third-order valence-corrected chi connectivity index (χ3v) is 3.80. The smallest absolute Gasteiger partial charge is 0.356 e. The lowest BCUT2D eigenvalue weighted by atomic mass is 10.2. The Hall–Kier alpha value is -3.68. The van der Waals surface area contributed by atoms with E-state index in [4.69, 9.17) is 9.47 Å². The first kappa shape index (κ1) is 22.6. The van der Waals surface area contributed by atoms with E-state index in [1.165, 1.54) is 0 Å². The fraction of sp³-hybridized carbons (Fsp3) is 0.273. The number of esters is 2. The first-order valence-corrected chi connectivity index (χ1v) is 9.26. The molecular weight excluding hydrogens is 392 g/mol. The summed E-state index contributed by atoms with van der Waals surface area (Å²) in [5, 5.41) is 0. The Morgan fingerprint density at radius 1 is 0.533 bits per heavy atom. The second kappa shape index (κ2) is 11.4. The molecule has 0 spiro atoms. The molecule has 2 rings (SSSR count).